The van der Waals surface area contributed by atoms with E-state index in [2.05, 4.69) is 18.9 Å². The Morgan fingerprint density at radius 3 is 2.40 bits per heavy atom. The lowest BCUT2D eigenvalue weighted by Gasteiger charge is -2.06. The fraction of sp³-hybridized carbons (Fsp3) is 0.208. The summed E-state index contributed by atoms with van der Waals surface area (Å²) in [5.74, 6) is -0.355. The number of aromatic nitrogens is 3. The molecule has 5 nitrogen and oxygen atoms in total. The van der Waals surface area contributed by atoms with Gasteiger partial charge in [-0.05, 0) is 48.4 Å². The Kier molecular flexibility index (Phi) is 9.53. The topological polar surface area (TPSA) is 64.8 Å². The van der Waals surface area contributed by atoms with Crippen LogP contribution in [0.3, 0.4) is 0 Å². The Hall–Kier alpha value is -2.19. The van der Waals surface area contributed by atoms with Gasteiger partial charge in [0.2, 0.25) is 5.13 Å². The second kappa shape index (κ2) is 12.2. The first kappa shape index (κ1) is 27.4. The third-order valence-electron chi connectivity index (χ3n) is 4.70. The fourth-order valence-corrected chi connectivity index (χ4v) is 6.25. The van der Waals surface area contributed by atoms with Crippen molar-refractivity contribution in [3.05, 3.63) is 80.3 Å². The lowest BCUT2D eigenvalue weighted by molar-refractivity contribution is -0.191. The van der Waals surface area contributed by atoms with E-state index in [1.165, 1.54) is 23.5 Å². The van der Waals surface area contributed by atoms with Crippen LogP contribution in [0.2, 0.25) is 15.1 Å². The number of aryl methyl sites for hydroxylation is 1. The van der Waals surface area contributed by atoms with Crippen molar-refractivity contribution in [2.24, 2.45) is 0 Å². The van der Waals surface area contributed by atoms with E-state index in [9.17, 15) is 4.39 Å². The Morgan fingerprint density at radius 2 is 1.74 bits per heavy atom. The first-order chi connectivity index (χ1) is 16.6. The van der Waals surface area contributed by atoms with Crippen molar-refractivity contribution in [1.82, 2.24) is 14.8 Å². The largest absolute Gasteiger partial charge is 0.373 e. The van der Waals surface area contributed by atoms with Gasteiger partial charge in [-0.1, -0.05) is 66.1 Å². The van der Waals surface area contributed by atoms with E-state index in [1.54, 1.807) is 28.6 Å². The van der Waals surface area contributed by atoms with Gasteiger partial charge in [0.05, 0.1) is 9.90 Å². The first-order valence-corrected chi connectivity index (χ1v) is 13.1. The number of thioether (sulfide) groups is 1. The third-order valence-corrected chi connectivity index (χ3v) is 7.78. The zero-order chi connectivity index (χ0) is 25.7. The summed E-state index contributed by atoms with van der Waals surface area (Å²) in [6.07, 6.45) is 2.82. The van der Waals surface area contributed by atoms with E-state index in [-0.39, 0.29) is 12.0 Å². The van der Waals surface area contributed by atoms with Gasteiger partial charge in [-0.15, -0.1) is 11.8 Å². The summed E-state index contributed by atoms with van der Waals surface area (Å²) in [6.45, 7) is 6.13. The van der Waals surface area contributed by atoms with Crippen LogP contribution in [-0.4, -0.2) is 26.2 Å². The van der Waals surface area contributed by atoms with Crippen molar-refractivity contribution in [3.63, 3.8) is 0 Å². The number of benzene rings is 2. The highest BCUT2D eigenvalue weighted by Crippen LogP contribution is 2.41. The van der Waals surface area contributed by atoms with E-state index >= 15 is 0 Å². The zero-order valence-corrected chi connectivity index (χ0v) is 22.7. The number of hydrogen-bond donors (Lipinski definition) is 0. The molecule has 0 aliphatic rings. The lowest BCUT2D eigenvalue weighted by Crippen LogP contribution is -1.94. The number of halogens is 4. The average Bonchev–Trinajstić information content (AvgIpc) is 3.35. The maximum atomic E-state index is 14.6. The van der Waals surface area contributed by atoms with Crippen LogP contribution < -0.4 is 0 Å². The lowest BCUT2D eigenvalue weighted by atomic mass is 10.1. The molecule has 0 N–H and O–H groups in total. The van der Waals surface area contributed by atoms with Crippen LogP contribution in [0, 0.1) is 12.7 Å². The van der Waals surface area contributed by atoms with Crippen molar-refractivity contribution in [3.8, 4) is 16.4 Å². The molecular weight excluding hydrogens is 552 g/mol. The van der Waals surface area contributed by atoms with Gasteiger partial charge in [-0.2, -0.15) is 14.7 Å². The predicted octanol–water partition coefficient (Wildman–Crippen LogP) is 7.91. The van der Waals surface area contributed by atoms with E-state index in [0.29, 0.717) is 43.1 Å². The van der Waals surface area contributed by atoms with Crippen molar-refractivity contribution in [2.45, 2.75) is 36.7 Å². The summed E-state index contributed by atoms with van der Waals surface area (Å²) >= 11 is 21.6. The minimum Gasteiger partial charge on any atom is -0.217 e. The molecule has 0 aliphatic heterocycles. The van der Waals surface area contributed by atoms with Crippen LogP contribution in [0.25, 0.3) is 16.4 Å². The van der Waals surface area contributed by atoms with Crippen molar-refractivity contribution < 1.29 is 14.0 Å². The van der Waals surface area contributed by atoms with E-state index in [1.807, 2.05) is 25.3 Å². The van der Waals surface area contributed by atoms with E-state index < -0.39 is 0 Å². The second-order valence-corrected chi connectivity index (χ2v) is 11.7. The summed E-state index contributed by atoms with van der Waals surface area (Å²) in [6, 6.07) is 10.00. The Labute approximate surface area is 225 Å². The summed E-state index contributed by atoms with van der Waals surface area (Å²) in [5.41, 5.74) is 3.84. The van der Waals surface area contributed by atoms with Gasteiger partial charge in [0.25, 0.3) is 0 Å². The Morgan fingerprint density at radius 1 is 1.09 bits per heavy atom. The molecule has 0 saturated carbocycles. The molecule has 2 aromatic carbocycles. The van der Waals surface area contributed by atoms with Gasteiger partial charge in [-0.3, -0.25) is 0 Å². The highest BCUT2D eigenvalue weighted by atomic mass is 35.5. The highest BCUT2D eigenvalue weighted by molar-refractivity contribution is 8.01. The molecule has 0 saturated heterocycles. The highest BCUT2D eigenvalue weighted by Gasteiger charge is 2.20. The molecule has 4 aromatic rings. The molecule has 0 radical (unpaired) electrons. The van der Waals surface area contributed by atoms with E-state index in [4.69, 9.17) is 49.4 Å². The predicted molar refractivity (Wildman–Crippen MR) is 140 cm³/mol. The van der Waals surface area contributed by atoms with Crippen molar-refractivity contribution in [1.29, 1.82) is 0 Å². The molecule has 35 heavy (non-hydrogen) atoms. The maximum Gasteiger partial charge on any atom is 0.373 e. The standard InChI is InChI=1S/C23H19Cl3FN3S2.CO2/c1-12(2)31-22-21(18-9-16(24)6-7-20(18)27)28-23(32-22)30-11-15(13(3)29-30)8-14-4-5-17(25)10-19(14)26;2-1-3/h4-7,9-12H,8H2,1-3H3;. The normalized spacial score (nSPS) is 10.7. The molecule has 0 atom stereocenters. The molecule has 0 fully saturated rings. The fourth-order valence-electron chi connectivity index (χ4n) is 3.17. The molecule has 182 valence electrons. The SMILES string of the molecule is Cc1nn(-c2nc(-c3cc(Cl)ccc3F)c(SC(C)C)s2)cc1Cc1ccc(Cl)cc1Cl.O=C=O. The second-order valence-electron chi connectivity index (χ2n) is 7.60. The monoisotopic (exact) mass is 569 g/mol. The van der Waals surface area contributed by atoms with Crippen LogP contribution in [0.4, 0.5) is 4.39 Å². The van der Waals surface area contributed by atoms with Crippen LogP contribution >= 0.6 is 57.9 Å². The smallest absolute Gasteiger partial charge is 0.217 e. The van der Waals surface area contributed by atoms with Gasteiger partial charge in [0.15, 0.2) is 0 Å². The van der Waals surface area contributed by atoms with Gasteiger partial charge in [-0.25, -0.2) is 14.1 Å². The Bertz CT molecular complexity index is 1380. The molecule has 11 heteroatoms. The number of nitrogens with zero attached hydrogens (tertiary/aromatic N) is 3. The number of thiazole rings is 1. The summed E-state index contributed by atoms with van der Waals surface area (Å²) in [5, 5.41) is 7.32. The average molecular weight is 571 g/mol. The van der Waals surface area contributed by atoms with E-state index in [0.717, 1.165) is 21.0 Å². The minimum absolute atomic E-state index is 0.250. The minimum atomic E-state index is -0.355. The molecule has 4 rings (SSSR count). The number of rotatable bonds is 6. The summed E-state index contributed by atoms with van der Waals surface area (Å²) in [7, 11) is 0. The molecular formula is C24H19Cl3FN3O2S2. The third kappa shape index (κ3) is 6.94. The molecule has 0 unspecified atom stereocenters. The molecule has 2 heterocycles. The molecule has 0 spiro atoms. The molecule has 2 aromatic heterocycles. The van der Waals surface area contributed by atoms with Crippen LogP contribution in [0.5, 0.6) is 0 Å². The van der Waals surface area contributed by atoms with Crippen molar-refractivity contribution in [2.75, 3.05) is 0 Å². The molecule has 0 bridgehead atoms. The first-order valence-electron chi connectivity index (χ1n) is 10.2. The van der Waals surface area contributed by atoms with Crippen LogP contribution in [0.15, 0.2) is 46.8 Å². The van der Waals surface area contributed by atoms with Crippen molar-refractivity contribution >= 4 is 64.1 Å². The van der Waals surface area contributed by atoms with Gasteiger partial charge >= 0.3 is 6.15 Å². The van der Waals surface area contributed by atoms with Crippen LogP contribution in [-0.2, 0) is 16.0 Å². The summed E-state index contributed by atoms with van der Waals surface area (Å²) < 4.78 is 17.3. The van der Waals surface area contributed by atoms with Crippen LogP contribution in [0.1, 0.15) is 30.7 Å². The van der Waals surface area contributed by atoms with Gasteiger partial charge in [0.1, 0.15) is 11.5 Å². The zero-order valence-electron chi connectivity index (χ0n) is 18.8. The Balaban J connectivity index is 0.00000108. The quantitative estimate of drug-likeness (QED) is 0.220. The van der Waals surface area contributed by atoms with Gasteiger partial charge < -0.3 is 0 Å². The number of hydrogen-bond acceptors (Lipinski definition) is 6. The summed E-state index contributed by atoms with van der Waals surface area (Å²) in [4.78, 5) is 21.0. The maximum absolute atomic E-state index is 14.6. The number of carbonyl (C=O) groups excluding carboxylic acids is 2. The van der Waals surface area contributed by atoms with Gasteiger partial charge in [0, 0.05) is 38.5 Å². The molecule has 0 aliphatic carbocycles. The molecule has 0 amide bonds.